The number of fused-ring (bicyclic) bond motifs is 12. The largest absolute Gasteiger partial charge is 3.00 e. The second-order valence-corrected chi connectivity index (χ2v) is 19.7. The van der Waals surface area contributed by atoms with Gasteiger partial charge in [-0.05, 0) is 143 Å². The second-order valence-electron chi connectivity index (χ2n) is 19.7. The van der Waals surface area contributed by atoms with Crippen molar-refractivity contribution in [3.63, 3.8) is 0 Å². The minimum Gasteiger partial charge on any atom is -0.304 e. The molecule has 0 N–H and O–H groups in total. The van der Waals surface area contributed by atoms with Crippen LogP contribution in [0, 0.1) is 45.9 Å². The molecule has 8 heteroatoms. The van der Waals surface area contributed by atoms with Crippen LogP contribution in [0.2, 0.25) is 0 Å². The van der Waals surface area contributed by atoms with Crippen molar-refractivity contribution in [2.45, 2.75) is 53.2 Å². The third-order valence-corrected chi connectivity index (χ3v) is 15.0. The third kappa shape index (κ3) is 8.88. The first-order valence-corrected chi connectivity index (χ1v) is 25.9. The normalized spacial score (nSPS) is 13.9. The number of rotatable bonds is 11. The fourth-order valence-electron chi connectivity index (χ4n) is 10.9. The van der Waals surface area contributed by atoms with Gasteiger partial charge in [0.25, 0.3) is 0 Å². The molecular formula is C71H52IrN7. The molecule has 0 radical (unpaired) electrons. The van der Waals surface area contributed by atoms with E-state index in [9.17, 15) is 11.0 Å². The quantitative estimate of drug-likeness (QED) is 0.0953. The van der Waals surface area contributed by atoms with Gasteiger partial charge in [-0.3, -0.25) is 0 Å². The Morgan fingerprint density at radius 3 is 1.52 bits per heavy atom. The maximum absolute atomic E-state index is 10.1. The Labute approximate surface area is 483 Å². The van der Waals surface area contributed by atoms with Crippen molar-refractivity contribution in [1.82, 2.24) is 34.2 Å². The first-order chi connectivity index (χ1) is 41.3. The Morgan fingerprint density at radius 1 is 0.418 bits per heavy atom. The molecule has 7 heterocycles. The molecule has 0 atom stereocenters. The molecule has 0 saturated carbocycles. The average molecular weight is 1200 g/mol. The van der Waals surface area contributed by atoms with Crippen molar-refractivity contribution in [3.05, 3.63) is 257 Å². The predicted molar refractivity (Wildman–Crippen MR) is 318 cm³/mol. The Bertz CT molecular complexity index is 4860. The van der Waals surface area contributed by atoms with Gasteiger partial charge in [0, 0.05) is 68.2 Å². The average Bonchev–Trinajstić information content (AvgIpc) is 1.75. The Balaban J connectivity index is 0.00000700. The molecule has 0 fully saturated rings. The zero-order valence-electron chi connectivity index (χ0n) is 51.4. The van der Waals surface area contributed by atoms with Crippen molar-refractivity contribution in [2.75, 3.05) is 0 Å². The fourth-order valence-corrected chi connectivity index (χ4v) is 10.9. The molecule has 14 aromatic rings. The van der Waals surface area contributed by atoms with E-state index in [0.29, 0.717) is 60.8 Å². The van der Waals surface area contributed by atoms with Crippen LogP contribution >= 0.6 is 0 Å². The number of nitrogens with zero attached hydrogens (tertiary/aromatic N) is 7. The molecular weight excluding hydrogens is 1140 g/mol. The maximum Gasteiger partial charge on any atom is 3.00 e. The topological polar surface area (TPSA) is 73.3 Å². The van der Waals surface area contributed by atoms with Crippen LogP contribution < -0.4 is 0 Å². The summed E-state index contributed by atoms with van der Waals surface area (Å²) in [4.78, 5) is 14.6. The molecule has 380 valence electrons. The maximum atomic E-state index is 10.1. The first kappa shape index (κ1) is 41.2. The van der Waals surface area contributed by atoms with Gasteiger partial charge in [0.15, 0.2) is 0 Å². The van der Waals surface area contributed by atoms with E-state index in [1.54, 1.807) is 51.6 Å². The van der Waals surface area contributed by atoms with Gasteiger partial charge >= 0.3 is 20.1 Å². The predicted octanol–water partition coefficient (Wildman–Crippen LogP) is 16.3. The summed E-state index contributed by atoms with van der Waals surface area (Å²) >= 11 is 0. The van der Waals surface area contributed by atoms with E-state index in [1.165, 1.54) is 18.5 Å². The molecule has 7 nitrogen and oxygen atoms in total. The number of aromatic nitrogens is 7. The molecule has 0 bridgehead atoms. The molecule has 7 aromatic heterocycles. The zero-order valence-corrected chi connectivity index (χ0v) is 45.8. The van der Waals surface area contributed by atoms with Gasteiger partial charge in [-0.1, -0.05) is 114 Å². The zero-order chi connectivity index (χ0) is 59.6. The van der Waals surface area contributed by atoms with Crippen LogP contribution in [0.15, 0.2) is 195 Å². The van der Waals surface area contributed by atoms with Gasteiger partial charge in [-0.2, -0.15) is 10.2 Å². The van der Waals surface area contributed by atoms with Crippen molar-refractivity contribution in [1.29, 1.82) is 0 Å². The summed E-state index contributed by atoms with van der Waals surface area (Å²) in [6.45, 7) is 7.76. The van der Waals surface area contributed by atoms with E-state index in [-0.39, 0.29) is 42.4 Å². The molecule has 0 unspecified atom stereocenters. The van der Waals surface area contributed by atoms with Crippen LogP contribution in [0.1, 0.15) is 55.7 Å². The summed E-state index contributed by atoms with van der Waals surface area (Å²) in [5, 5.41) is 12.9. The molecule has 0 amide bonds. The molecule has 0 aliphatic rings. The minimum atomic E-state index is -2.94. The molecule has 14 rings (SSSR count). The summed E-state index contributed by atoms with van der Waals surface area (Å²) < 4.78 is 83.7. The van der Waals surface area contributed by atoms with Crippen LogP contribution in [-0.2, 0) is 45.6 Å². The summed E-state index contributed by atoms with van der Waals surface area (Å²) in [6, 6.07) is 64.4. The SMILES string of the molecule is [2H]C([2H])(c1cc(-c2ccccc2-c2cnc(-c3[c-]cccc3)cc2-c2ccc(-c3ccccc3)cc2)cc(C([2H])([2H])C([2H])([2H])c2cnc3c4[c-]cccc4c4c(C)c(C)nn4c3c2)c1)C([2H])([2H])c1cnc2c3[c-]cccc3c3c(C)c(C)nn3c2c1.[Ir+3]. The van der Waals surface area contributed by atoms with Crippen LogP contribution in [0.3, 0.4) is 0 Å². The number of benzene rings is 7. The fraction of sp³-hybridized carbons (Fsp3) is 0.113. The molecule has 0 saturated heterocycles. The van der Waals surface area contributed by atoms with Crippen LogP contribution in [0.25, 0.3) is 110 Å². The summed E-state index contributed by atoms with van der Waals surface area (Å²) in [6.07, 6.45) is -7.08. The van der Waals surface area contributed by atoms with Crippen molar-refractivity contribution in [3.8, 4) is 55.8 Å². The van der Waals surface area contributed by atoms with Gasteiger partial charge in [0.05, 0.1) is 11.4 Å². The van der Waals surface area contributed by atoms with E-state index in [4.69, 9.17) is 25.1 Å². The second kappa shape index (κ2) is 20.5. The van der Waals surface area contributed by atoms with Gasteiger partial charge in [0.2, 0.25) is 0 Å². The Hall–Kier alpha value is -8.94. The van der Waals surface area contributed by atoms with E-state index < -0.39 is 25.5 Å². The van der Waals surface area contributed by atoms with Crippen LogP contribution in [0.4, 0.5) is 0 Å². The van der Waals surface area contributed by atoms with E-state index >= 15 is 0 Å². The van der Waals surface area contributed by atoms with Crippen molar-refractivity contribution in [2.24, 2.45) is 0 Å². The smallest absolute Gasteiger partial charge is 0.304 e. The third-order valence-electron chi connectivity index (χ3n) is 15.0. The summed E-state index contributed by atoms with van der Waals surface area (Å²) in [5.74, 6) is 0. The molecule has 79 heavy (non-hydrogen) atoms. The Morgan fingerprint density at radius 2 is 0.937 bits per heavy atom. The minimum absolute atomic E-state index is 0. The van der Waals surface area contributed by atoms with Crippen molar-refractivity contribution >= 4 is 54.6 Å². The summed E-state index contributed by atoms with van der Waals surface area (Å²) in [5.41, 5.74) is 13.8. The van der Waals surface area contributed by atoms with Gasteiger partial charge in [-0.15, -0.1) is 95.2 Å². The first-order valence-electron chi connectivity index (χ1n) is 29.9. The van der Waals surface area contributed by atoms with E-state index in [2.05, 4.69) is 54.6 Å². The van der Waals surface area contributed by atoms with Crippen LogP contribution in [0.5, 0.6) is 0 Å². The number of pyridine rings is 5. The molecule has 7 aromatic carbocycles. The number of aryl methyl sites for hydroxylation is 8. The molecule has 0 spiro atoms. The summed E-state index contributed by atoms with van der Waals surface area (Å²) in [7, 11) is 0. The Kier molecular flexibility index (Phi) is 10.7. The molecule has 0 aliphatic heterocycles. The molecule has 0 aliphatic carbocycles. The monoisotopic (exact) mass is 1200 g/mol. The van der Waals surface area contributed by atoms with Crippen molar-refractivity contribution < 1.29 is 31.1 Å². The number of hydrogen-bond acceptors (Lipinski definition) is 5. The van der Waals surface area contributed by atoms with E-state index in [1.807, 2.05) is 125 Å². The van der Waals surface area contributed by atoms with E-state index in [0.717, 1.165) is 72.1 Å². The van der Waals surface area contributed by atoms with Crippen LogP contribution in [-0.4, -0.2) is 34.2 Å². The number of hydrogen-bond donors (Lipinski definition) is 0. The van der Waals surface area contributed by atoms with Gasteiger partial charge in [-0.25, -0.2) is 9.03 Å². The van der Waals surface area contributed by atoms with Gasteiger partial charge < -0.3 is 15.0 Å². The van der Waals surface area contributed by atoms with Gasteiger partial charge in [0.1, 0.15) is 0 Å². The standard InChI is InChI=1S/C71H52N7.Ir/c1-44-46(3)75-77-66-38-50(41-73-68(66)59-23-13-15-25-61(59)70(44)77)29-27-48-35-49(28-30-51-39-67-69(74-42-51)60-24-14-16-26-62(60)71-45(2)47(4)76-78(67)71)37-56(36-48)57-21-11-12-22-58(57)64-43-72-65(55-19-9-6-10-20-55)40-63(64)54-33-31-53(32-34-54)52-17-7-5-8-18-52;/h5-19,21-22,25-26,31-43H,27-30H2,1-4H3;/q-3;+3/i27D2,28D2,29D2,30D2;.